The lowest BCUT2D eigenvalue weighted by molar-refractivity contribution is -0.153. The van der Waals surface area contributed by atoms with Gasteiger partial charge >= 0.3 is 0 Å². The summed E-state index contributed by atoms with van der Waals surface area (Å²) in [6.45, 7) is 2.16. The van der Waals surface area contributed by atoms with E-state index in [1.807, 2.05) is 35.2 Å². The Bertz CT molecular complexity index is 560. The maximum absolute atomic E-state index is 12.6. The highest BCUT2D eigenvalue weighted by Crippen LogP contribution is 2.35. The summed E-state index contributed by atoms with van der Waals surface area (Å²) in [7, 11) is 0. The molecule has 4 rings (SSSR count). The van der Waals surface area contributed by atoms with Gasteiger partial charge in [0.15, 0.2) is 6.61 Å². The van der Waals surface area contributed by atoms with Gasteiger partial charge < -0.3 is 19.1 Å². The van der Waals surface area contributed by atoms with Crippen LogP contribution in [-0.2, 0) is 14.3 Å². The van der Waals surface area contributed by atoms with Crippen molar-refractivity contribution in [2.75, 3.05) is 26.4 Å². The van der Waals surface area contributed by atoms with Crippen LogP contribution in [-0.4, -0.2) is 55.4 Å². The normalized spacial score (nSPS) is 29.3. The zero-order valence-corrected chi connectivity index (χ0v) is 13.9. The number of hydrogen-bond acceptors (Lipinski definition) is 4. The summed E-state index contributed by atoms with van der Waals surface area (Å²) in [5, 5.41) is 0. The van der Waals surface area contributed by atoms with Crippen LogP contribution in [0, 0.1) is 5.92 Å². The number of para-hydroxylation sites is 1. The van der Waals surface area contributed by atoms with E-state index in [0.29, 0.717) is 13.2 Å². The van der Waals surface area contributed by atoms with Crippen molar-refractivity contribution in [1.29, 1.82) is 0 Å². The lowest BCUT2D eigenvalue weighted by Gasteiger charge is -2.39. The fourth-order valence-electron chi connectivity index (χ4n) is 3.69. The lowest BCUT2D eigenvalue weighted by atomic mass is 10.1. The topological polar surface area (TPSA) is 48.0 Å². The minimum Gasteiger partial charge on any atom is -0.484 e. The van der Waals surface area contributed by atoms with Crippen molar-refractivity contribution < 1.29 is 19.0 Å². The van der Waals surface area contributed by atoms with E-state index in [1.54, 1.807) is 0 Å². The molecule has 24 heavy (non-hydrogen) atoms. The Hall–Kier alpha value is -1.59. The van der Waals surface area contributed by atoms with Crippen LogP contribution in [0.2, 0.25) is 0 Å². The SMILES string of the molecule is O=C(COc1ccccc1)N1CCO[C@H]2[C@H](OCC3CC3)CC[C@@H]21. The highest BCUT2D eigenvalue weighted by molar-refractivity contribution is 5.78. The van der Waals surface area contributed by atoms with Crippen molar-refractivity contribution in [2.24, 2.45) is 5.92 Å². The Morgan fingerprint density at radius 2 is 2.00 bits per heavy atom. The molecule has 5 nitrogen and oxygen atoms in total. The Balaban J connectivity index is 1.32. The van der Waals surface area contributed by atoms with Gasteiger partial charge in [-0.1, -0.05) is 18.2 Å². The summed E-state index contributed by atoms with van der Waals surface area (Å²) >= 11 is 0. The molecule has 2 aliphatic carbocycles. The molecule has 1 saturated heterocycles. The van der Waals surface area contributed by atoms with Gasteiger partial charge in [-0.15, -0.1) is 0 Å². The largest absolute Gasteiger partial charge is 0.484 e. The van der Waals surface area contributed by atoms with Gasteiger partial charge in [0.25, 0.3) is 5.91 Å². The molecule has 1 aliphatic heterocycles. The molecule has 1 aromatic carbocycles. The summed E-state index contributed by atoms with van der Waals surface area (Å²) in [5.74, 6) is 1.53. The van der Waals surface area contributed by atoms with Crippen molar-refractivity contribution in [3.05, 3.63) is 30.3 Å². The van der Waals surface area contributed by atoms with E-state index in [9.17, 15) is 4.79 Å². The molecule has 1 aromatic rings. The van der Waals surface area contributed by atoms with Crippen LogP contribution in [0.1, 0.15) is 25.7 Å². The summed E-state index contributed by atoms with van der Waals surface area (Å²) in [6.07, 6.45) is 4.69. The number of carbonyl (C=O) groups is 1. The lowest BCUT2D eigenvalue weighted by Crippen LogP contribution is -2.55. The first kappa shape index (κ1) is 15.9. The molecule has 0 radical (unpaired) electrons. The van der Waals surface area contributed by atoms with Crippen LogP contribution >= 0.6 is 0 Å². The van der Waals surface area contributed by atoms with Crippen molar-refractivity contribution in [3.63, 3.8) is 0 Å². The average Bonchev–Trinajstić information content (AvgIpc) is 3.37. The van der Waals surface area contributed by atoms with Crippen molar-refractivity contribution in [3.8, 4) is 5.75 Å². The van der Waals surface area contributed by atoms with E-state index in [4.69, 9.17) is 14.2 Å². The zero-order valence-electron chi connectivity index (χ0n) is 13.9. The van der Waals surface area contributed by atoms with Crippen LogP contribution < -0.4 is 4.74 Å². The average molecular weight is 331 g/mol. The third kappa shape index (κ3) is 3.57. The van der Waals surface area contributed by atoms with Gasteiger partial charge in [-0.3, -0.25) is 4.79 Å². The second-order valence-corrected chi connectivity index (χ2v) is 6.98. The number of nitrogens with zero attached hydrogens (tertiary/aromatic N) is 1. The monoisotopic (exact) mass is 331 g/mol. The number of fused-ring (bicyclic) bond motifs is 1. The molecule has 1 amide bonds. The van der Waals surface area contributed by atoms with Crippen molar-refractivity contribution in [1.82, 2.24) is 4.90 Å². The van der Waals surface area contributed by atoms with Crippen molar-refractivity contribution in [2.45, 2.75) is 43.9 Å². The Labute approximate surface area is 142 Å². The fourth-order valence-corrected chi connectivity index (χ4v) is 3.69. The Kier molecular flexibility index (Phi) is 4.72. The van der Waals surface area contributed by atoms with Gasteiger partial charge in [0.05, 0.1) is 18.8 Å². The van der Waals surface area contributed by atoms with Crippen LogP contribution in [0.5, 0.6) is 5.75 Å². The van der Waals surface area contributed by atoms with Crippen LogP contribution in [0.3, 0.4) is 0 Å². The van der Waals surface area contributed by atoms with Gasteiger partial charge in [-0.2, -0.15) is 0 Å². The predicted molar refractivity (Wildman–Crippen MR) is 88.9 cm³/mol. The van der Waals surface area contributed by atoms with Gasteiger partial charge in [0.2, 0.25) is 0 Å². The Morgan fingerprint density at radius 3 is 2.79 bits per heavy atom. The first-order chi connectivity index (χ1) is 11.8. The number of ether oxygens (including phenoxy) is 3. The van der Waals surface area contributed by atoms with Gasteiger partial charge in [-0.05, 0) is 43.7 Å². The van der Waals surface area contributed by atoms with E-state index < -0.39 is 0 Å². The third-order valence-electron chi connectivity index (χ3n) is 5.20. The number of rotatable bonds is 6. The molecule has 3 fully saturated rings. The molecule has 130 valence electrons. The third-order valence-corrected chi connectivity index (χ3v) is 5.20. The molecular formula is C19H25NO4. The summed E-state index contributed by atoms with van der Waals surface area (Å²) < 4.78 is 17.6. The highest BCUT2D eigenvalue weighted by atomic mass is 16.5. The van der Waals surface area contributed by atoms with E-state index in [-0.39, 0.29) is 30.8 Å². The van der Waals surface area contributed by atoms with E-state index in [2.05, 4.69) is 0 Å². The minimum absolute atomic E-state index is 0.0261. The van der Waals surface area contributed by atoms with Crippen LogP contribution in [0.25, 0.3) is 0 Å². The quantitative estimate of drug-likeness (QED) is 0.802. The van der Waals surface area contributed by atoms with Crippen molar-refractivity contribution >= 4 is 5.91 Å². The molecule has 3 aliphatic rings. The summed E-state index contributed by atoms with van der Waals surface area (Å²) in [5.41, 5.74) is 0. The first-order valence-corrected chi connectivity index (χ1v) is 9.02. The molecule has 2 saturated carbocycles. The fraction of sp³-hybridized carbons (Fsp3) is 0.632. The second-order valence-electron chi connectivity index (χ2n) is 6.98. The minimum atomic E-state index is 0.0261. The number of amides is 1. The maximum Gasteiger partial charge on any atom is 0.260 e. The van der Waals surface area contributed by atoms with E-state index in [0.717, 1.165) is 31.1 Å². The van der Waals surface area contributed by atoms with E-state index >= 15 is 0 Å². The van der Waals surface area contributed by atoms with Gasteiger partial charge in [-0.25, -0.2) is 0 Å². The molecule has 5 heteroatoms. The van der Waals surface area contributed by atoms with Crippen LogP contribution in [0.4, 0.5) is 0 Å². The smallest absolute Gasteiger partial charge is 0.260 e. The van der Waals surface area contributed by atoms with Gasteiger partial charge in [0, 0.05) is 13.2 Å². The van der Waals surface area contributed by atoms with Crippen LogP contribution in [0.15, 0.2) is 30.3 Å². The summed E-state index contributed by atoms with van der Waals surface area (Å²) in [6, 6.07) is 9.61. The van der Waals surface area contributed by atoms with Gasteiger partial charge in [0.1, 0.15) is 11.9 Å². The zero-order chi connectivity index (χ0) is 16.4. The second kappa shape index (κ2) is 7.11. The molecule has 0 spiro atoms. The summed E-state index contributed by atoms with van der Waals surface area (Å²) in [4.78, 5) is 14.5. The predicted octanol–water partition coefficient (Wildman–Crippen LogP) is 2.25. The first-order valence-electron chi connectivity index (χ1n) is 9.02. The number of benzene rings is 1. The molecule has 0 aromatic heterocycles. The number of morpholine rings is 1. The molecule has 1 heterocycles. The molecule has 0 N–H and O–H groups in total. The molecule has 0 bridgehead atoms. The molecule has 0 unspecified atom stereocenters. The molecular weight excluding hydrogens is 306 g/mol. The Morgan fingerprint density at radius 1 is 1.17 bits per heavy atom. The maximum atomic E-state index is 12.6. The number of hydrogen-bond donors (Lipinski definition) is 0. The van der Waals surface area contributed by atoms with E-state index in [1.165, 1.54) is 12.8 Å². The standard InChI is InChI=1S/C19H25NO4/c21-18(13-23-15-4-2-1-3-5-15)20-10-11-22-19-16(20)8-9-17(19)24-12-14-6-7-14/h1-5,14,16-17,19H,6-13H2/t16-,17+,19+/m0/s1. The number of carbonyl (C=O) groups excluding carboxylic acids is 1. The highest BCUT2D eigenvalue weighted by Gasteiger charge is 2.45. The molecule has 3 atom stereocenters.